The van der Waals surface area contributed by atoms with Gasteiger partial charge in [-0.25, -0.2) is 0 Å². The van der Waals surface area contributed by atoms with Crippen LogP contribution in [0, 0.1) is 0 Å². The number of hydrogen-bond donors (Lipinski definition) is 0. The fourth-order valence-electron chi connectivity index (χ4n) is 0.542. The van der Waals surface area contributed by atoms with Crippen LogP contribution in [0.3, 0.4) is 0 Å². The minimum absolute atomic E-state index is 0. The molecular formula is C13H30. The molecule has 1 aliphatic rings. The Labute approximate surface area is 86.8 Å². The normalized spacial score (nSPS) is 10.0. The lowest BCUT2D eigenvalue weighted by molar-refractivity contribution is 1.04. The van der Waals surface area contributed by atoms with E-state index in [0.29, 0.717) is 0 Å². The monoisotopic (exact) mass is 186 g/mol. The van der Waals surface area contributed by atoms with Gasteiger partial charge in [0.15, 0.2) is 0 Å². The molecule has 1 aliphatic carbocycles. The van der Waals surface area contributed by atoms with Gasteiger partial charge in [0.05, 0.1) is 0 Å². The predicted octanol–water partition coefficient (Wildman–Crippen LogP) is 5.61. The third-order valence-corrected chi connectivity index (χ3v) is 0.883. The molecule has 0 bridgehead atoms. The maximum Gasteiger partial charge on any atom is -0.0313 e. The quantitative estimate of drug-likeness (QED) is 0.461. The zero-order valence-corrected chi connectivity index (χ0v) is 9.72. The van der Waals surface area contributed by atoms with Crippen LogP contribution in [0.4, 0.5) is 0 Å². The molecule has 82 valence electrons. The molecule has 0 aliphatic heterocycles. The minimum atomic E-state index is 0. The molecule has 0 aromatic heterocycles. The van der Waals surface area contributed by atoms with E-state index < -0.39 is 0 Å². The van der Waals surface area contributed by atoms with Crippen LogP contribution in [0.25, 0.3) is 0 Å². The van der Waals surface area contributed by atoms with Crippen LogP contribution in [-0.2, 0) is 0 Å². The molecule has 0 N–H and O–H groups in total. The van der Waals surface area contributed by atoms with Crippen molar-refractivity contribution >= 4 is 0 Å². The van der Waals surface area contributed by atoms with E-state index in [2.05, 4.69) is 24.3 Å². The molecule has 0 aromatic rings. The van der Waals surface area contributed by atoms with Crippen molar-refractivity contribution in [2.24, 2.45) is 0 Å². The van der Waals surface area contributed by atoms with Gasteiger partial charge < -0.3 is 0 Å². The highest BCUT2D eigenvalue weighted by atomic mass is 13.8. The van der Waals surface area contributed by atoms with Gasteiger partial charge >= 0.3 is 0 Å². The third kappa shape index (κ3) is 34.4. The van der Waals surface area contributed by atoms with E-state index in [0.717, 1.165) is 0 Å². The summed E-state index contributed by atoms with van der Waals surface area (Å²) < 4.78 is 0. The largest absolute Gasteiger partial charge is 0.0842 e. The molecule has 0 fully saturated rings. The van der Waals surface area contributed by atoms with Gasteiger partial charge in [0.1, 0.15) is 0 Å². The molecular weight excluding hydrogens is 156 g/mol. The highest BCUT2D eigenvalue weighted by Crippen LogP contribution is 1.98. The van der Waals surface area contributed by atoms with Crippen molar-refractivity contribution < 1.29 is 0 Å². The van der Waals surface area contributed by atoms with Gasteiger partial charge in [-0.3, -0.25) is 0 Å². The summed E-state index contributed by atoms with van der Waals surface area (Å²) in [6, 6.07) is 0. The van der Waals surface area contributed by atoms with Crippen LogP contribution in [0.5, 0.6) is 0 Å². The van der Waals surface area contributed by atoms with Crippen LogP contribution >= 0.6 is 0 Å². The lowest BCUT2D eigenvalue weighted by Gasteiger charge is -1.88. The molecule has 0 saturated carbocycles. The molecule has 0 heterocycles. The van der Waals surface area contributed by atoms with Crippen molar-refractivity contribution in [1.29, 1.82) is 0 Å². The predicted molar refractivity (Wildman–Crippen MR) is 68.3 cm³/mol. The maximum atomic E-state index is 2.18. The molecule has 0 nitrogen and oxygen atoms in total. The van der Waals surface area contributed by atoms with Crippen LogP contribution in [0.1, 0.15) is 61.8 Å². The van der Waals surface area contributed by atoms with E-state index in [-0.39, 0.29) is 7.43 Å². The Morgan fingerprint density at radius 1 is 0.615 bits per heavy atom. The molecule has 1 rings (SSSR count). The Balaban J connectivity index is -0.0000000508. The molecule has 0 atom stereocenters. The standard InChI is InChI=1S/C6H8.3C2H6.CH4/c1-2-4-6-5-3-1;3*1-2;/h1-4H,5-6H2;3*1-2H3;1H4. The topological polar surface area (TPSA) is 0 Å². The summed E-state index contributed by atoms with van der Waals surface area (Å²) in [5.74, 6) is 0. The summed E-state index contributed by atoms with van der Waals surface area (Å²) in [7, 11) is 0. The van der Waals surface area contributed by atoms with Crippen LogP contribution < -0.4 is 0 Å². The molecule has 0 spiro atoms. The lowest BCUT2D eigenvalue weighted by Crippen LogP contribution is -1.67. The van der Waals surface area contributed by atoms with Crippen molar-refractivity contribution in [3.63, 3.8) is 0 Å². The second-order valence-electron chi connectivity index (χ2n) is 1.43. The zero-order valence-electron chi connectivity index (χ0n) is 9.72. The maximum absolute atomic E-state index is 2.18. The van der Waals surface area contributed by atoms with Crippen molar-refractivity contribution in [2.45, 2.75) is 61.8 Å². The molecule has 0 saturated heterocycles. The Kier molecular flexibility index (Phi) is 73.9. The van der Waals surface area contributed by atoms with Gasteiger partial charge in [0.25, 0.3) is 0 Å². The van der Waals surface area contributed by atoms with E-state index in [1.54, 1.807) is 0 Å². The lowest BCUT2D eigenvalue weighted by atomic mass is 10.2. The fourth-order valence-corrected chi connectivity index (χ4v) is 0.542. The fraction of sp³-hybridized carbons (Fsp3) is 0.692. The van der Waals surface area contributed by atoms with Gasteiger partial charge in [-0.15, -0.1) is 0 Å². The number of rotatable bonds is 0. The summed E-state index contributed by atoms with van der Waals surface area (Å²) in [4.78, 5) is 0. The van der Waals surface area contributed by atoms with E-state index in [4.69, 9.17) is 0 Å². The van der Waals surface area contributed by atoms with Gasteiger partial charge in [-0.05, 0) is 12.8 Å². The minimum Gasteiger partial charge on any atom is -0.0842 e. The first-order chi connectivity index (χ1) is 6.00. The van der Waals surface area contributed by atoms with E-state index in [1.807, 2.05) is 41.5 Å². The molecule has 0 amide bonds. The van der Waals surface area contributed by atoms with Crippen LogP contribution in [0.2, 0.25) is 0 Å². The first-order valence-electron chi connectivity index (χ1n) is 5.32. The second-order valence-corrected chi connectivity index (χ2v) is 1.43. The Morgan fingerprint density at radius 2 is 0.846 bits per heavy atom. The van der Waals surface area contributed by atoms with Crippen LogP contribution in [-0.4, -0.2) is 0 Å². The average molecular weight is 186 g/mol. The third-order valence-electron chi connectivity index (χ3n) is 0.883. The molecule has 0 aromatic carbocycles. The zero-order chi connectivity index (χ0) is 10.2. The summed E-state index contributed by atoms with van der Waals surface area (Å²) in [5, 5.41) is 0. The average Bonchev–Trinajstić information content (AvgIpc) is 2.29. The highest BCUT2D eigenvalue weighted by molar-refractivity contribution is 5.07. The number of allylic oxidation sites excluding steroid dienone is 4. The van der Waals surface area contributed by atoms with Gasteiger partial charge in [-0.2, -0.15) is 0 Å². The van der Waals surface area contributed by atoms with E-state index in [9.17, 15) is 0 Å². The SMILES string of the molecule is C.C1=CCCC=C1.CC.CC.CC. The van der Waals surface area contributed by atoms with Gasteiger partial charge in [0.2, 0.25) is 0 Å². The highest BCUT2D eigenvalue weighted by Gasteiger charge is 1.77. The molecule has 0 unspecified atom stereocenters. The van der Waals surface area contributed by atoms with Crippen molar-refractivity contribution in [3.05, 3.63) is 24.3 Å². The summed E-state index contributed by atoms with van der Waals surface area (Å²) in [6.07, 6.45) is 11.0. The molecule has 13 heavy (non-hydrogen) atoms. The Morgan fingerprint density at radius 3 is 0.923 bits per heavy atom. The van der Waals surface area contributed by atoms with E-state index >= 15 is 0 Å². The Bertz CT molecular complexity index is 66.0. The van der Waals surface area contributed by atoms with Gasteiger partial charge in [-0.1, -0.05) is 73.3 Å². The summed E-state index contributed by atoms with van der Waals surface area (Å²) in [5.41, 5.74) is 0. The van der Waals surface area contributed by atoms with Crippen molar-refractivity contribution in [1.82, 2.24) is 0 Å². The van der Waals surface area contributed by atoms with Crippen LogP contribution in [0.15, 0.2) is 24.3 Å². The smallest absolute Gasteiger partial charge is 0.0313 e. The Hall–Kier alpha value is -0.520. The first kappa shape index (κ1) is 22.9. The number of hydrogen-bond acceptors (Lipinski definition) is 0. The second kappa shape index (κ2) is 42.0. The van der Waals surface area contributed by atoms with E-state index in [1.165, 1.54) is 12.8 Å². The summed E-state index contributed by atoms with van der Waals surface area (Å²) in [6.45, 7) is 12.0. The van der Waals surface area contributed by atoms with Crippen molar-refractivity contribution in [3.8, 4) is 0 Å². The summed E-state index contributed by atoms with van der Waals surface area (Å²) >= 11 is 0. The van der Waals surface area contributed by atoms with Crippen molar-refractivity contribution in [2.75, 3.05) is 0 Å². The molecule has 0 heteroatoms. The first-order valence-corrected chi connectivity index (χ1v) is 5.32. The van der Waals surface area contributed by atoms with Gasteiger partial charge in [0, 0.05) is 0 Å². The molecule has 0 radical (unpaired) electrons.